The van der Waals surface area contributed by atoms with E-state index in [9.17, 15) is 13.6 Å². The molecule has 3 heterocycles. The average molecular weight is 524 g/mol. The first kappa shape index (κ1) is 25.9. The third kappa shape index (κ3) is 6.73. The first-order chi connectivity index (χ1) is 16.7. The first-order valence-corrected chi connectivity index (χ1v) is 15.8. The van der Waals surface area contributed by atoms with Crippen LogP contribution >= 0.6 is 22.0 Å². The van der Waals surface area contributed by atoms with Crippen molar-refractivity contribution in [2.75, 3.05) is 75.8 Å². The number of halogens is 2. The van der Waals surface area contributed by atoms with Crippen LogP contribution in [0.4, 0.5) is 31.7 Å². The van der Waals surface area contributed by atoms with Crippen molar-refractivity contribution in [3.63, 3.8) is 0 Å². The van der Waals surface area contributed by atoms with Gasteiger partial charge in [-0.15, -0.1) is 0 Å². The zero-order valence-corrected chi connectivity index (χ0v) is 22.3. The fourth-order valence-electron chi connectivity index (χ4n) is 4.30. The molecule has 2 aliphatic rings. The second kappa shape index (κ2) is 10.8. The summed E-state index contributed by atoms with van der Waals surface area (Å²) >= 11 is 1.62. The van der Waals surface area contributed by atoms with Crippen LogP contribution in [0.1, 0.15) is 30.1 Å². The molecule has 2 N–H and O–H groups in total. The number of aromatic nitrogens is 1. The highest BCUT2D eigenvalue weighted by Crippen LogP contribution is 2.43. The van der Waals surface area contributed by atoms with Crippen LogP contribution < -0.4 is 19.8 Å². The van der Waals surface area contributed by atoms with Crippen LogP contribution in [0, 0.1) is 0 Å². The van der Waals surface area contributed by atoms with E-state index in [4.69, 9.17) is 0 Å². The van der Waals surface area contributed by atoms with E-state index >= 15 is 0 Å². The molecule has 2 aromatic rings. The Labute approximate surface area is 212 Å². The van der Waals surface area contributed by atoms with E-state index in [0.29, 0.717) is 17.1 Å². The Bertz CT molecular complexity index is 1030. The first-order valence-electron chi connectivity index (χ1n) is 12.0. The largest absolute Gasteiger partial charge is 0.369 e. The fourth-order valence-corrected chi connectivity index (χ4v) is 6.38. The Morgan fingerprint density at radius 3 is 2.46 bits per heavy atom. The van der Waals surface area contributed by atoms with Crippen molar-refractivity contribution in [2.45, 2.75) is 25.7 Å². The minimum absolute atomic E-state index is 0.181. The molecule has 1 aromatic carbocycles. The summed E-state index contributed by atoms with van der Waals surface area (Å²) in [4.78, 5) is 21.9. The number of piperidine rings is 1. The lowest BCUT2D eigenvalue weighted by atomic mass is 10.1. The number of hydrogen-bond donors (Lipinski definition) is 2. The van der Waals surface area contributed by atoms with Crippen LogP contribution in [-0.4, -0.2) is 72.8 Å². The highest BCUT2D eigenvalue weighted by molar-refractivity contribution is 8.32. The van der Waals surface area contributed by atoms with Crippen molar-refractivity contribution in [1.82, 2.24) is 4.98 Å². The average Bonchev–Trinajstić information content (AvgIpc) is 2.82. The molecular formula is C25H35F2N5OS2. The Morgan fingerprint density at radius 2 is 1.77 bits per heavy atom. The van der Waals surface area contributed by atoms with Crippen LogP contribution in [-0.2, 0) is 0 Å². The van der Waals surface area contributed by atoms with Crippen molar-refractivity contribution < 1.29 is 13.6 Å². The highest BCUT2D eigenvalue weighted by atomic mass is 32.3. The number of pyridine rings is 1. The number of nitrogens with zero attached hydrogens (tertiary/aromatic N) is 3. The molecule has 0 saturated carbocycles. The number of alkyl halides is 2. The molecule has 0 radical (unpaired) electrons. The summed E-state index contributed by atoms with van der Waals surface area (Å²) < 4.78 is 30.5. The SMILES string of the molecule is CCSNc1ccc(C(=O)Nc2ccnc(N3CCC(F)(F)CC3)c2)c(N2CCS(C)(C)CC2)c1. The zero-order valence-electron chi connectivity index (χ0n) is 20.7. The number of anilines is 4. The molecule has 0 bridgehead atoms. The minimum atomic E-state index is -2.61. The third-order valence-electron chi connectivity index (χ3n) is 6.57. The van der Waals surface area contributed by atoms with Gasteiger partial charge < -0.3 is 19.8 Å². The summed E-state index contributed by atoms with van der Waals surface area (Å²) in [7, 11) is -0.573. The van der Waals surface area contributed by atoms with Crippen molar-refractivity contribution >= 4 is 50.8 Å². The Hall–Kier alpha value is -2.20. The van der Waals surface area contributed by atoms with Crippen molar-refractivity contribution in [1.29, 1.82) is 0 Å². The van der Waals surface area contributed by atoms with Crippen LogP contribution in [0.2, 0.25) is 0 Å². The molecule has 4 rings (SSSR count). The zero-order chi connectivity index (χ0) is 25.1. The van der Waals surface area contributed by atoms with E-state index in [2.05, 4.69) is 45.4 Å². The third-order valence-corrected chi connectivity index (χ3v) is 9.81. The van der Waals surface area contributed by atoms with Crippen molar-refractivity contribution in [3.05, 3.63) is 42.1 Å². The van der Waals surface area contributed by atoms with E-state index in [0.717, 1.165) is 41.7 Å². The maximum atomic E-state index is 13.6. The van der Waals surface area contributed by atoms with Gasteiger partial charge in [0.2, 0.25) is 0 Å². The lowest BCUT2D eigenvalue weighted by Gasteiger charge is -2.42. The van der Waals surface area contributed by atoms with Crippen LogP contribution in [0.5, 0.6) is 0 Å². The van der Waals surface area contributed by atoms with Gasteiger partial charge in [-0.25, -0.2) is 23.8 Å². The second-order valence-electron chi connectivity index (χ2n) is 9.63. The van der Waals surface area contributed by atoms with Crippen LogP contribution in [0.3, 0.4) is 0 Å². The standard InChI is InChI=1S/C25H35F2N5OS2/c1-4-34-30-20-5-6-21(22(17-20)31-13-15-35(2,3)16-14-31)24(33)29-19-7-10-28-23(18-19)32-11-8-25(26,27)9-12-32/h5-7,10,17-18,30H,4,8-9,11-16H2,1-3H3,(H,28,29,33). The quantitative estimate of drug-likeness (QED) is 0.465. The molecule has 10 heteroatoms. The number of carbonyl (C=O) groups excluding carboxylic acids is 1. The van der Waals surface area contributed by atoms with Crippen LogP contribution in [0.25, 0.3) is 0 Å². The van der Waals surface area contributed by atoms with Crippen molar-refractivity contribution in [2.24, 2.45) is 0 Å². The molecular weight excluding hydrogens is 488 g/mol. The molecule has 2 aliphatic heterocycles. The van der Waals surface area contributed by atoms with Gasteiger partial charge in [0.1, 0.15) is 5.82 Å². The molecule has 0 atom stereocenters. The van der Waals surface area contributed by atoms with Gasteiger partial charge in [0.15, 0.2) is 0 Å². The van der Waals surface area contributed by atoms with Gasteiger partial charge >= 0.3 is 0 Å². The summed E-state index contributed by atoms with van der Waals surface area (Å²) in [5.74, 6) is 1.05. The number of nitrogens with one attached hydrogen (secondary N) is 2. The van der Waals surface area contributed by atoms with Gasteiger partial charge in [-0.3, -0.25) is 4.79 Å². The number of carbonyl (C=O) groups is 1. The topological polar surface area (TPSA) is 60.5 Å². The van der Waals surface area contributed by atoms with Gasteiger partial charge in [-0.05, 0) is 48.3 Å². The van der Waals surface area contributed by atoms with Gasteiger partial charge in [0, 0.05) is 68.4 Å². The molecule has 1 aromatic heterocycles. The summed E-state index contributed by atoms with van der Waals surface area (Å²) in [6, 6.07) is 9.38. The van der Waals surface area contributed by atoms with E-state index in [1.807, 2.05) is 17.0 Å². The smallest absolute Gasteiger partial charge is 0.257 e. The predicted octanol–water partition coefficient (Wildman–Crippen LogP) is 5.53. The summed E-state index contributed by atoms with van der Waals surface area (Å²) in [5, 5.41) is 3.01. The Balaban J connectivity index is 1.53. The highest BCUT2D eigenvalue weighted by Gasteiger charge is 2.34. The predicted molar refractivity (Wildman–Crippen MR) is 148 cm³/mol. The normalized spacial score (nSPS) is 20.3. The molecule has 2 fully saturated rings. The van der Waals surface area contributed by atoms with Crippen LogP contribution in [0.15, 0.2) is 36.5 Å². The Morgan fingerprint density at radius 1 is 1.06 bits per heavy atom. The molecule has 0 spiro atoms. The van der Waals surface area contributed by atoms with Crippen molar-refractivity contribution in [3.8, 4) is 0 Å². The number of benzene rings is 1. The van der Waals surface area contributed by atoms with E-state index in [1.54, 1.807) is 30.3 Å². The second-order valence-corrected chi connectivity index (χ2v) is 15.1. The Kier molecular flexibility index (Phi) is 8.00. The molecule has 0 aliphatic carbocycles. The summed E-state index contributed by atoms with van der Waals surface area (Å²) in [6.45, 7) is 4.46. The monoisotopic (exact) mass is 523 g/mol. The summed E-state index contributed by atoms with van der Waals surface area (Å²) in [6.07, 6.45) is 6.00. The maximum Gasteiger partial charge on any atom is 0.257 e. The molecule has 0 unspecified atom stereocenters. The van der Waals surface area contributed by atoms with Gasteiger partial charge in [0.05, 0.1) is 11.3 Å². The van der Waals surface area contributed by atoms with Gasteiger partial charge in [0.25, 0.3) is 11.8 Å². The van der Waals surface area contributed by atoms with E-state index in [1.165, 1.54) is 0 Å². The lowest BCUT2D eigenvalue weighted by Crippen LogP contribution is -2.39. The molecule has 2 saturated heterocycles. The molecule has 192 valence electrons. The number of hydrogen-bond acceptors (Lipinski definition) is 6. The maximum absolute atomic E-state index is 13.6. The van der Waals surface area contributed by atoms with E-state index in [-0.39, 0.29) is 31.8 Å². The lowest BCUT2D eigenvalue weighted by molar-refractivity contribution is -0.0221. The molecule has 6 nitrogen and oxygen atoms in total. The van der Waals surface area contributed by atoms with E-state index < -0.39 is 16.0 Å². The summed E-state index contributed by atoms with van der Waals surface area (Å²) in [5.41, 5.74) is 3.15. The molecule has 35 heavy (non-hydrogen) atoms. The number of rotatable bonds is 7. The minimum Gasteiger partial charge on any atom is -0.369 e. The number of amides is 1. The van der Waals surface area contributed by atoms with Gasteiger partial charge in [-0.2, -0.15) is 0 Å². The fraction of sp³-hybridized carbons (Fsp3) is 0.520. The van der Waals surface area contributed by atoms with Gasteiger partial charge in [-0.1, -0.05) is 18.9 Å². The molecule has 1 amide bonds.